The highest BCUT2D eigenvalue weighted by Gasteiger charge is 2.11. The van der Waals surface area contributed by atoms with Gasteiger partial charge in [-0.3, -0.25) is 0 Å². The molecule has 0 amide bonds. The lowest BCUT2D eigenvalue weighted by Gasteiger charge is -2.10. The van der Waals surface area contributed by atoms with E-state index in [4.69, 9.17) is 4.42 Å². The number of fused-ring (bicyclic) bond motifs is 1. The molecule has 0 aromatic carbocycles. The highest BCUT2D eigenvalue weighted by atomic mass is 79.9. The summed E-state index contributed by atoms with van der Waals surface area (Å²) < 4.78 is 7.79. The van der Waals surface area contributed by atoms with Crippen LogP contribution in [0.5, 0.6) is 0 Å². The Morgan fingerprint density at radius 1 is 1.50 bits per heavy atom. The second-order valence-corrected chi connectivity index (χ2v) is 4.66. The average Bonchev–Trinajstić information content (AvgIpc) is 3.00. The van der Waals surface area contributed by atoms with Gasteiger partial charge in [-0.2, -0.15) is 5.10 Å². The van der Waals surface area contributed by atoms with Gasteiger partial charge in [-0.1, -0.05) is 0 Å². The minimum atomic E-state index is -0.0448. The van der Waals surface area contributed by atoms with Gasteiger partial charge in [0.05, 0.1) is 16.9 Å². The summed E-state index contributed by atoms with van der Waals surface area (Å²) in [5.74, 6) is 1.37. The average molecular weight is 308 g/mol. The first-order chi connectivity index (χ1) is 8.74. The predicted octanol–water partition coefficient (Wildman–Crippen LogP) is 2.65. The topological polar surface area (TPSA) is 68.2 Å². The summed E-state index contributed by atoms with van der Waals surface area (Å²) in [4.78, 5) is 8.56. The van der Waals surface area contributed by atoms with Crippen LogP contribution in [-0.4, -0.2) is 19.6 Å². The van der Waals surface area contributed by atoms with Crippen molar-refractivity contribution in [2.45, 2.75) is 13.0 Å². The van der Waals surface area contributed by atoms with E-state index in [-0.39, 0.29) is 6.04 Å². The number of rotatable bonds is 3. The van der Waals surface area contributed by atoms with Crippen molar-refractivity contribution in [1.29, 1.82) is 0 Å². The fraction of sp³-hybridized carbons (Fsp3) is 0.182. The van der Waals surface area contributed by atoms with Crippen molar-refractivity contribution in [3.05, 3.63) is 41.3 Å². The number of oxazole rings is 1. The molecule has 0 aliphatic heterocycles. The van der Waals surface area contributed by atoms with Gasteiger partial charge < -0.3 is 9.73 Å². The number of nitrogens with zero attached hydrogens (tertiary/aromatic N) is 4. The van der Waals surface area contributed by atoms with Crippen LogP contribution in [-0.2, 0) is 0 Å². The van der Waals surface area contributed by atoms with E-state index >= 15 is 0 Å². The molecule has 0 saturated carbocycles. The second kappa shape index (κ2) is 4.41. The van der Waals surface area contributed by atoms with Crippen molar-refractivity contribution < 1.29 is 4.42 Å². The van der Waals surface area contributed by atoms with E-state index in [1.54, 1.807) is 23.2 Å². The molecule has 1 unspecified atom stereocenters. The Labute approximate surface area is 111 Å². The Morgan fingerprint density at radius 2 is 2.39 bits per heavy atom. The van der Waals surface area contributed by atoms with Gasteiger partial charge in [-0.15, -0.1) is 0 Å². The first kappa shape index (κ1) is 11.2. The van der Waals surface area contributed by atoms with Crippen molar-refractivity contribution in [2.75, 3.05) is 5.32 Å². The Balaban J connectivity index is 1.88. The summed E-state index contributed by atoms with van der Waals surface area (Å²) in [6.07, 6.45) is 6.73. The molecule has 1 atom stereocenters. The van der Waals surface area contributed by atoms with Crippen molar-refractivity contribution in [2.24, 2.45) is 0 Å². The van der Waals surface area contributed by atoms with E-state index in [1.165, 1.54) is 0 Å². The van der Waals surface area contributed by atoms with Gasteiger partial charge in [0.25, 0.3) is 0 Å². The molecule has 0 aliphatic rings. The second-order valence-electron chi connectivity index (χ2n) is 3.81. The first-order valence-corrected chi connectivity index (χ1v) is 6.19. The van der Waals surface area contributed by atoms with Gasteiger partial charge in [0.1, 0.15) is 18.1 Å². The third-order valence-electron chi connectivity index (χ3n) is 2.51. The lowest BCUT2D eigenvalue weighted by molar-refractivity contribution is 0.474. The normalized spacial score (nSPS) is 12.8. The molecular weight excluding hydrogens is 298 g/mol. The lowest BCUT2D eigenvalue weighted by Crippen LogP contribution is -2.08. The minimum Gasteiger partial charge on any atom is -0.447 e. The molecular formula is C11H10BrN5O. The molecule has 0 radical (unpaired) electrons. The van der Waals surface area contributed by atoms with Crippen molar-refractivity contribution in [3.8, 4) is 0 Å². The third kappa shape index (κ3) is 1.97. The fourth-order valence-corrected chi connectivity index (χ4v) is 2.02. The molecule has 6 nitrogen and oxygen atoms in total. The summed E-state index contributed by atoms with van der Waals surface area (Å²) in [7, 11) is 0. The smallest absolute Gasteiger partial charge is 0.216 e. The Morgan fingerprint density at radius 3 is 3.17 bits per heavy atom. The lowest BCUT2D eigenvalue weighted by atomic mass is 10.3. The van der Waals surface area contributed by atoms with E-state index in [2.05, 4.69) is 36.3 Å². The number of hydrogen-bond donors (Lipinski definition) is 1. The number of halogens is 1. The first-order valence-electron chi connectivity index (χ1n) is 5.40. The zero-order valence-corrected chi connectivity index (χ0v) is 11.1. The van der Waals surface area contributed by atoms with Crippen molar-refractivity contribution in [1.82, 2.24) is 19.6 Å². The maximum Gasteiger partial charge on any atom is 0.216 e. The van der Waals surface area contributed by atoms with Gasteiger partial charge in [-0.25, -0.2) is 14.5 Å². The van der Waals surface area contributed by atoms with Crippen LogP contribution in [0.3, 0.4) is 0 Å². The Bertz CT molecular complexity index is 663. The molecule has 3 rings (SSSR count). The van der Waals surface area contributed by atoms with Crippen LogP contribution in [0.1, 0.15) is 18.9 Å². The number of hydrogen-bond acceptors (Lipinski definition) is 5. The number of anilines is 1. The number of aromatic nitrogens is 4. The van der Waals surface area contributed by atoms with Gasteiger partial charge >= 0.3 is 0 Å². The number of nitrogens with one attached hydrogen (secondary N) is 1. The van der Waals surface area contributed by atoms with Gasteiger partial charge in [-0.05, 0) is 28.9 Å². The molecule has 0 saturated heterocycles. The van der Waals surface area contributed by atoms with E-state index in [9.17, 15) is 0 Å². The molecule has 18 heavy (non-hydrogen) atoms. The molecule has 3 heterocycles. The zero-order valence-electron chi connectivity index (χ0n) is 9.54. The molecule has 0 spiro atoms. The molecule has 0 aliphatic carbocycles. The summed E-state index contributed by atoms with van der Waals surface area (Å²) in [6, 6.07) is 1.81. The zero-order chi connectivity index (χ0) is 12.5. The molecule has 7 heteroatoms. The van der Waals surface area contributed by atoms with Crippen LogP contribution in [0.2, 0.25) is 0 Å². The van der Waals surface area contributed by atoms with Crippen LogP contribution in [0.25, 0.3) is 5.65 Å². The maximum absolute atomic E-state index is 5.24. The van der Waals surface area contributed by atoms with E-state index in [1.807, 2.05) is 19.2 Å². The summed E-state index contributed by atoms with van der Waals surface area (Å²) in [5.41, 5.74) is 0.764. The maximum atomic E-state index is 5.24. The van der Waals surface area contributed by atoms with Crippen LogP contribution in [0, 0.1) is 0 Å². The van der Waals surface area contributed by atoms with Crippen LogP contribution in [0.15, 0.2) is 39.8 Å². The monoisotopic (exact) mass is 307 g/mol. The largest absolute Gasteiger partial charge is 0.447 e. The molecule has 92 valence electrons. The van der Waals surface area contributed by atoms with E-state index in [0.29, 0.717) is 5.89 Å². The van der Waals surface area contributed by atoms with Crippen molar-refractivity contribution >= 4 is 27.4 Å². The Hall–Kier alpha value is -1.89. The SMILES string of the molecule is CC(Nc1ccn2ncc(Br)c2n1)c1ncco1. The van der Waals surface area contributed by atoms with Crippen LogP contribution < -0.4 is 5.32 Å². The van der Waals surface area contributed by atoms with Crippen LogP contribution >= 0.6 is 15.9 Å². The standard InChI is InChI=1S/C11H10BrN5O/c1-7(11-13-3-5-18-11)15-9-2-4-17-10(16-9)8(12)6-14-17/h2-7H,1H3,(H,15,16). The molecule has 0 bridgehead atoms. The quantitative estimate of drug-likeness (QED) is 0.805. The molecule has 3 aromatic rings. The highest BCUT2D eigenvalue weighted by Crippen LogP contribution is 2.20. The predicted molar refractivity (Wildman–Crippen MR) is 69.2 cm³/mol. The van der Waals surface area contributed by atoms with Crippen LogP contribution in [0.4, 0.5) is 5.82 Å². The molecule has 3 aromatic heterocycles. The molecule has 1 N–H and O–H groups in total. The fourth-order valence-electron chi connectivity index (χ4n) is 1.65. The highest BCUT2D eigenvalue weighted by molar-refractivity contribution is 9.10. The summed E-state index contributed by atoms with van der Waals surface area (Å²) >= 11 is 3.40. The summed E-state index contributed by atoms with van der Waals surface area (Å²) in [6.45, 7) is 1.96. The van der Waals surface area contributed by atoms with Gasteiger partial charge in [0.2, 0.25) is 5.89 Å². The third-order valence-corrected chi connectivity index (χ3v) is 3.07. The van der Waals surface area contributed by atoms with Gasteiger partial charge in [0.15, 0.2) is 5.65 Å². The minimum absolute atomic E-state index is 0.0448. The van der Waals surface area contributed by atoms with Gasteiger partial charge in [0, 0.05) is 6.20 Å². The van der Waals surface area contributed by atoms with E-state index < -0.39 is 0 Å². The van der Waals surface area contributed by atoms with E-state index in [0.717, 1.165) is 15.9 Å². The Kier molecular flexibility index (Phi) is 2.75. The molecule has 0 fully saturated rings. The summed E-state index contributed by atoms with van der Waals surface area (Å²) in [5, 5.41) is 7.36. The van der Waals surface area contributed by atoms with Crippen molar-refractivity contribution in [3.63, 3.8) is 0 Å².